The Balaban J connectivity index is -0.000000238. The fourth-order valence-corrected chi connectivity index (χ4v) is 0.388. The Hall–Kier alpha value is -1.70. The number of amides is 1. The van der Waals surface area contributed by atoms with E-state index in [0.29, 0.717) is 6.61 Å². The Morgan fingerprint density at radius 3 is 1.84 bits per heavy atom. The van der Waals surface area contributed by atoms with E-state index < -0.39 is 5.91 Å². The van der Waals surface area contributed by atoms with Gasteiger partial charge in [0.2, 0.25) is 5.91 Å². The number of nitrogens with zero attached hydrogens (tertiary/aromatic N) is 1. The molecule has 0 atom stereocenters. The van der Waals surface area contributed by atoms with E-state index in [-0.39, 0.29) is 19.2 Å². The summed E-state index contributed by atoms with van der Waals surface area (Å²) in [6.45, 7) is 7.28. The average Bonchev–Trinajstić information content (AvgIpc) is 2.39. The van der Waals surface area contributed by atoms with Crippen LogP contribution in [0.2, 0.25) is 0 Å². The molecule has 0 saturated heterocycles. The summed E-state index contributed by atoms with van der Waals surface area (Å²) < 4.78 is 4.70. The van der Waals surface area contributed by atoms with Gasteiger partial charge >= 0.3 is 5.97 Å². The first-order chi connectivity index (χ1) is 8.85. The summed E-state index contributed by atoms with van der Waals surface area (Å²) in [4.78, 5) is 21.8. The van der Waals surface area contributed by atoms with Crippen LogP contribution in [0.15, 0.2) is 25.3 Å². The smallest absolute Gasteiger partial charge is 0.330 e. The molecule has 0 spiro atoms. The molecule has 4 N–H and O–H groups in total. The zero-order valence-electron chi connectivity index (χ0n) is 11.5. The molecule has 19 heavy (non-hydrogen) atoms. The van der Waals surface area contributed by atoms with Crippen molar-refractivity contribution in [2.24, 2.45) is 5.73 Å². The van der Waals surface area contributed by atoms with E-state index in [1.165, 1.54) is 0 Å². The van der Waals surface area contributed by atoms with Gasteiger partial charge in [-0.25, -0.2) is 4.79 Å². The second kappa shape index (κ2) is 18.7. The molecule has 0 fully saturated rings. The topological polar surface area (TPSA) is 113 Å². The van der Waals surface area contributed by atoms with Crippen molar-refractivity contribution in [3.8, 4) is 0 Å². The standard InChI is InChI=1S/C7H13NO2.C3H5NO.C2H6O2/c1-4-7(9)10-6-5-8(2)3;1-2-3(4)5;3-1-2-4/h4H,1,5-6H2,2-3H3;2H,1H2,(H2,4,5);3-4H,1-2H2. The highest BCUT2D eigenvalue weighted by Crippen LogP contribution is 1.80. The summed E-state index contributed by atoms with van der Waals surface area (Å²) in [5, 5.41) is 15.2. The maximum atomic E-state index is 10.4. The zero-order chi connectivity index (χ0) is 15.7. The molecular weight excluding hydrogens is 252 g/mol. The normalized spacial score (nSPS) is 8.26. The molecule has 0 unspecified atom stereocenters. The number of carbonyl (C=O) groups is 2. The molecule has 0 heterocycles. The van der Waals surface area contributed by atoms with E-state index in [4.69, 9.17) is 14.9 Å². The van der Waals surface area contributed by atoms with Gasteiger partial charge in [-0.05, 0) is 20.2 Å². The molecule has 112 valence electrons. The number of carbonyl (C=O) groups excluding carboxylic acids is 2. The maximum absolute atomic E-state index is 10.4. The van der Waals surface area contributed by atoms with Gasteiger partial charge in [-0.1, -0.05) is 13.2 Å². The van der Waals surface area contributed by atoms with Gasteiger partial charge < -0.3 is 25.6 Å². The maximum Gasteiger partial charge on any atom is 0.330 e. The Bertz CT molecular complexity index is 253. The van der Waals surface area contributed by atoms with Crippen LogP contribution in [0.3, 0.4) is 0 Å². The fourth-order valence-electron chi connectivity index (χ4n) is 0.388. The number of aliphatic hydroxyl groups excluding tert-OH is 2. The minimum atomic E-state index is -0.481. The van der Waals surface area contributed by atoms with E-state index in [2.05, 4.69) is 18.9 Å². The van der Waals surface area contributed by atoms with E-state index in [1.807, 2.05) is 19.0 Å². The molecule has 0 rings (SSSR count). The number of esters is 1. The monoisotopic (exact) mass is 276 g/mol. The van der Waals surface area contributed by atoms with E-state index >= 15 is 0 Å². The van der Waals surface area contributed by atoms with Crippen molar-refractivity contribution in [2.45, 2.75) is 0 Å². The van der Waals surface area contributed by atoms with Crippen LogP contribution in [0.5, 0.6) is 0 Å². The first-order valence-corrected chi connectivity index (χ1v) is 5.43. The van der Waals surface area contributed by atoms with Gasteiger partial charge in [-0.2, -0.15) is 0 Å². The lowest BCUT2D eigenvalue weighted by atomic mass is 10.6. The van der Waals surface area contributed by atoms with Crippen molar-refractivity contribution < 1.29 is 24.5 Å². The molecular formula is C12H24N2O5. The highest BCUT2D eigenvalue weighted by atomic mass is 16.5. The van der Waals surface area contributed by atoms with E-state index in [9.17, 15) is 9.59 Å². The molecule has 0 saturated carbocycles. The third-order valence-electron chi connectivity index (χ3n) is 1.25. The van der Waals surface area contributed by atoms with Gasteiger partial charge in [0, 0.05) is 12.6 Å². The molecule has 0 radical (unpaired) electrons. The molecule has 0 aliphatic heterocycles. The summed E-state index contributed by atoms with van der Waals surface area (Å²) in [5.41, 5.74) is 4.53. The van der Waals surface area contributed by atoms with Crippen LogP contribution in [0, 0.1) is 0 Å². The lowest BCUT2D eigenvalue weighted by Gasteiger charge is -2.07. The van der Waals surface area contributed by atoms with Crippen LogP contribution in [0.1, 0.15) is 0 Å². The fraction of sp³-hybridized carbons (Fsp3) is 0.500. The first kappa shape index (κ1) is 22.5. The largest absolute Gasteiger partial charge is 0.461 e. The molecule has 1 amide bonds. The van der Waals surface area contributed by atoms with Gasteiger partial charge in [0.25, 0.3) is 0 Å². The van der Waals surface area contributed by atoms with Crippen LogP contribution < -0.4 is 5.73 Å². The van der Waals surface area contributed by atoms with Crippen molar-refractivity contribution in [3.05, 3.63) is 25.3 Å². The van der Waals surface area contributed by atoms with E-state index in [0.717, 1.165) is 18.7 Å². The summed E-state index contributed by atoms with van der Waals surface area (Å²) in [5.74, 6) is -0.841. The highest BCUT2D eigenvalue weighted by Gasteiger charge is 1.94. The number of rotatable bonds is 6. The average molecular weight is 276 g/mol. The number of hydrogen-bond acceptors (Lipinski definition) is 6. The Labute approximate surface area is 114 Å². The van der Waals surface area contributed by atoms with Gasteiger partial charge in [-0.15, -0.1) is 0 Å². The second-order valence-corrected chi connectivity index (χ2v) is 3.23. The summed E-state index contributed by atoms with van der Waals surface area (Å²) in [6.07, 6.45) is 2.22. The molecule has 0 aromatic carbocycles. The molecule has 0 aromatic heterocycles. The quantitative estimate of drug-likeness (QED) is 0.419. The van der Waals surface area contributed by atoms with Gasteiger partial charge in [0.1, 0.15) is 6.61 Å². The SMILES string of the molecule is C=CC(=O)OCCN(C)C.C=CC(N)=O.OCCO. The van der Waals surface area contributed by atoms with Crippen molar-refractivity contribution in [2.75, 3.05) is 40.5 Å². The molecule has 0 aliphatic rings. The summed E-state index contributed by atoms with van der Waals surface area (Å²) >= 11 is 0. The number of nitrogens with two attached hydrogens (primary N) is 1. The zero-order valence-corrected chi connectivity index (χ0v) is 11.5. The summed E-state index contributed by atoms with van der Waals surface area (Å²) in [7, 11) is 3.84. The highest BCUT2D eigenvalue weighted by molar-refractivity contribution is 5.85. The lowest BCUT2D eigenvalue weighted by molar-refractivity contribution is -0.138. The molecule has 0 bridgehead atoms. The Morgan fingerprint density at radius 2 is 1.63 bits per heavy atom. The molecule has 7 nitrogen and oxygen atoms in total. The van der Waals surface area contributed by atoms with Crippen LogP contribution >= 0.6 is 0 Å². The molecule has 7 heteroatoms. The number of likely N-dealkylation sites (N-methyl/N-ethyl adjacent to an activating group) is 1. The number of ether oxygens (including phenoxy) is 1. The Morgan fingerprint density at radius 1 is 1.21 bits per heavy atom. The van der Waals surface area contributed by atoms with Crippen molar-refractivity contribution in [3.63, 3.8) is 0 Å². The predicted octanol–water partition coefficient (Wildman–Crippen LogP) is -1.09. The van der Waals surface area contributed by atoms with Crippen molar-refractivity contribution in [1.82, 2.24) is 4.90 Å². The summed E-state index contributed by atoms with van der Waals surface area (Å²) in [6, 6.07) is 0. The first-order valence-electron chi connectivity index (χ1n) is 5.43. The van der Waals surface area contributed by atoms with Crippen molar-refractivity contribution in [1.29, 1.82) is 0 Å². The number of primary amides is 1. The van der Waals surface area contributed by atoms with Crippen LogP contribution in [-0.4, -0.2) is 67.5 Å². The third kappa shape index (κ3) is 38.5. The lowest BCUT2D eigenvalue weighted by Crippen LogP contribution is -2.19. The van der Waals surface area contributed by atoms with Crippen LogP contribution in [0.4, 0.5) is 0 Å². The minimum absolute atomic E-state index is 0.125. The van der Waals surface area contributed by atoms with Crippen LogP contribution in [0.25, 0.3) is 0 Å². The second-order valence-electron chi connectivity index (χ2n) is 3.23. The van der Waals surface area contributed by atoms with Gasteiger partial charge in [0.15, 0.2) is 0 Å². The van der Waals surface area contributed by atoms with Crippen molar-refractivity contribution >= 4 is 11.9 Å². The molecule has 0 aliphatic carbocycles. The van der Waals surface area contributed by atoms with E-state index in [1.54, 1.807) is 0 Å². The Kier molecular flexibility index (Phi) is 22.1. The van der Waals surface area contributed by atoms with Crippen LogP contribution in [-0.2, 0) is 14.3 Å². The van der Waals surface area contributed by atoms with Gasteiger partial charge in [0.05, 0.1) is 13.2 Å². The van der Waals surface area contributed by atoms with Gasteiger partial charge in [-0.3, -0.25) is 4.79 Å². The molecule has 0 aromatic rings. The predicted molar refractivity (Wildman–Crippen MR) is 73.3 cm³/mol. The number of aliphatic hydroxyl groups is 2. The third-order valence-corrected chi connectivity index (χ3v) is 1.25. The number of hydrogen-bond donors (Lipinski definition) is 3. The minimum Gasteiger partial charge on any atom is -0.461 e.